The first kappa shape index (κ1) is 27.7. The SMILES string of the molecule is C=N\C(=C/C(=C\CC)/C=C(\O)c1c(C)nc(NCC2CC2)nc1NC1CCC(CO)C1)OC(C)CC. The van der Waals surface area contributed by atoms with Gasteiger partial charge in [-0.25, -0.2) is 9.98 Å². The Morgan fingerprint density at radius 2 is 1.94 bits per heavy atom. The second kappa shape index (κ2) is 13.4. The third kappa shape index (κ3) is 8.08. The molecule has 0 bridgehead atoms. The van der Waals surface area contributed by atoms with Crippen molar-refractivity contribution in [3.05, 3.63) is 40.9 Å². The monoisotopic (exact) mass is 497 g/mol. The summed E-state index contributed by atoms with van der Waals surface area (Å²) in [6.07, 6.45) is 12.4. The fourth-order valence-corrected chi connectivity index (χ4v) is 4.36. The van der Waals surface area contributed by atoms with Gasteiger partial charge in [0.15, 0.2) is 0 Å². The fraction of sp³-hybridized carbons (Fsp3) is 0.607. The van der Waals surface area contributed by atoms with E-state index in [9.17, 15) is 10.2 Å². The van der Waals surface area contributed by atoms with E-state index >= 15 is 0 Å². The number of hydrogen-bond acceptors (Lipinski definition) is 8. The van der Waals surface area contributed by atoms with E-state index in [1.54, 1.807) is 12.2 Å². The minimum Gasteiger partial charge on any atom is -0.507 e. The maximum absolute atomic E-state index is 11.3. The first-order valence-electron chi connectivity index (χ1n) is 13.3. The van der Waals surface area contributed by atoms with Gasteiger partial charge < -0.3 is 25.6 Å². The highest BCUT2D eigenvalue weighted by Gasteiger charge is 2.27. The van der Waals surface area contributed by atoms with Crippen LogP contribution in [-0.4, -0.2) is 52.2 Å². The second-order valence-corrected chi connectivity index (χ2v) is 10.0. The van der Waals surface area contributed by atoms with Gasteiger partial charge in [0.1, 0.15) is 11.6 Å². The summed E-state index contributed by atoms with van der Waals surface area (Å²) in [6, 6.07) is 0.185. The molecule has 198 valence electrons. The Labute approximate surface area is 215 Å². The van der Waals surface area contributed by atoms with Crippen LogP contribution in [0.15, 0.2) is 34.7 Å². The molecule has 8 nitrogen and oxygen atoms in total. The molecule has 3 atom stereocenters. The highest BCUT2D eigenvalue weighted by atomic mass is 16.5. The lowest BCUT2D eigenvalue weighted by Crippen LogP contribution is -2.20. The third-order valence-electron chi connectivity index (χ3n) is 6.82. The smallest absolute Gasteiger partial charge is 0.224 e. The molecule has 0 spiro atoms. The summed E-state index contributed by atoms with van der Waals surface area (Å²) in [6.45, 7) is 12.6. The van der Waals surface area contributed by atoms with Crippen LogP contribution in [0.25, 0.3) is 5.76 Å². The molecule has 1 heterocycles. The number of nitrogens with one attached hydrogen (secondary N) is 2. The molecular weight excluding hydrogens is 454 g/mol. The molecule has 0 radical (unpaired) electrons. The Morgan fingerprint density at radius 1 is 1.19 bits per heavy atom. The quantitative estimate of drug-likeness (QED) is 0.147. The number of hydrogen-bond donors (Lipinski definition) is 4. The van der Waals surface area contributed by atoms with Crippen molar-refractivity contribution >= 4 is 24.2 Å². The summed E-state index contributed by atoms with van der Waals surface area (Å²) in [5.74, 6) is 2.65. The van der Waals surface area contributed by atoms with Crippen LogP contribution in [0.5, 0.6) is 0 Å². The fourth-order valence-electron chi connectivity index (χ4n) is 4.36. The average molecular weight is 498 g/mol. The first-order valence-corrected chi connectivity index (χ1v) is 13.3. The summed E-state index contributed by atoms with van der Waals surface area (Å²) in [4.78, 5) is 13.4. The lowest BCUT2D eigenvalue weighted by molar-refractivity contribution is 0.127. The molecule has 3 unspecified atom stereocenters. The first-order chi connectivity index (χ1) is 17.4. The number of aliphatic hydroxyl groups is 2. The molecule has 1 aromatic heterocycles. The summed E-state index contributed by atoms with van der Waals surface area (Å²) < 4.78 is 5.85. The van der Waals surface area contributed by atoms with Crippen molar-refractivity contribution in [3.8, 4) is 0 Å². The largest absolute Gasteiger partial charge is 0.507 e. The van der Waals surface area contributed by atoms with Crippen molar-refractivity contribution in [2.45, 2.75) is 84.8 Å². The summed E-state index contributed by atoms with van der Waals surface area (Å²) >= 11 is 0. The zero-order valence-electron chi connectivity index (χ0n) is 22.3. The van der Waals surface area contributed by atoms with Gasteiger partial charge in [-0.2, -0.15) is 4.98 Å². The van der Waals surface area contributed by atoms with Crippen LogP contribution < -0.4 is 10.6 Å². The van der Waals surface area contributed by atoms with E-state index in [2.05, 4.69) is 27.3 Å². The molecule has 0 aliphatic heterocycles. The molecule has 2 aliphatic rings. The molecule has 36 heavy (non-hydrogen) atoms. The molecular formula is C28H43N5O3. The normalized spacial score (nSPS) is 21.9. The topological polar surface area (TPSA) is 112 Å². The molecule has 2 saturated carbocycles. The van der Waals surface area contributed by atoms with Crippen LogP contribution in [0.3, 0.4) is 0 Å². The van der Waals surface area contributed by atoms with Gasteiger partial charge in [-0.15, -0.1) is 0 Å². The molecule has 1 aromatic rings. The van der Waals surface area contributed by atoms with Gasteiger partial charge in [0, 0.05) is 25.3 Å². The number of allylic oxidation sites excluding steroid dienone is 4. The van der Waals surface area contributed by atoms with E-state index in [1.807, 2.05) is 33.8 Å². The van der Waals surface area contributed by atoms with Crippen LogP contribution in [0.2, 0.25) is 0 Å². The average Bonchev–Trinajstić information content (AvgIpc) is 3.58. The minimum atomic E-state index is 0.0125. The van der Waals surface area contributed by atoms with Crippen molar-refractivity contribution in [2.24, 2.45) is 16.8 Å². The van der Waals surface area contributed by atoms with Crippen LogP contribution in [0.1, 0.15) is 77.0 Å². The molecule has 4 N–H and O–H groups in total. The number of aromatic nitrogens is 2. The number of anilines is 2. The molecule has 2 aliphatic carbocycles. The lowest BCUT2D eigenvalue weighted by Gasteiger charge is -2.19. The molecule has 0 saturated heterocycles. The van der Waals surface area contributed by atoms with E-state index in [-0.39, 0.29) is 24.5 Å². The van der Waals surface area contributed by atoms with Crippen molar-refractivity contribution in [1.29, 1.82) is 0 Å². The van der Waals surface area contributed by atoms with Gasteiger partial charge >= 0.3 is 0 Å². The predicted octanol–water partition coefficient (Wildman–Crippen LogP) is 5.77. The van der Waals surface area contributed by atoms with Gasteiger partial charge in [-0.05, 0) is 89.0 Å². The van der Waals surface area contributed by atoms with E-state index in [4.69, 9.17) is 9.72 Å². The number of aliphatic imine (C=N–C) groups is 1. The van der Waals surface area contributed by atoms with E-state index in [1.165, 1.54) is 12.8 Å². The summed E-state index contributed by atoms with van der Waals surface area (Å²) in [5, 5.41) is 27.8. The molecule has 3 rings (SSSR count). The van der Waals surface area contributed by atoms with Gasteiger partial charge in [0.2, 0.25) is 11.8 Å². The maximum Gasteiger partial charge on any atom is 0.224 e. The Hall–Kier alpha value is -2.87. The Balaban J connectivity index is 1.93. The van der Waals surface area contributed by atoms with Gasteiger partial charge in [-0.1, -0.05) is 19.9 Å². The number of nitrogens with zero attached hydrogens (tertiary/aromatic N) is 3. The third-order valence-corrected chi connectivity index (χ3v) is 6.82. The number of ether oxygens (including phenoxy) is 1. The number of rotatable bonds is 14. The zero-order chi connectivity index (χ0) is 26.1. The van der Waals surface area contributed by atoms with Crippen LogP contribution in [0, 0.1) is 18.8 Å². The van der Waals surface area contributed by atoms with E-state index < -0.39 is 0 Å². The Kier molecular flexibility index (Phi) is 10.3. The summed E-state index contributed by atoms with van der Waals surface area (Å²) in [7, 11) is 0. The van der Waals surface area contributed by atoms with Crippen molar-refractivity contribution in [3.63, 3.8) is 0 Å². The van der Waals surface area contributed by atoms with Crippen LogP contribution in [-0.2, 0) is 4.74 Å². The lowest BCUT2D eigenvalue weighted by atomic mass is 10.1. The minimum absolute atomic E-state index is 0.0125. The number of aliphatic hydroxyl groups excluding tert-OH is 2. The van der Waals surface area contributed by atoms with E-state index in [0.29, 0.717) is 40.7 Å². The molecule has 8 heteroatoms. The second-order valence-electron chi connectivity index (χ2n) is 10.0. The number of aryl methyl sites for hydroxylation is 1. The van der Waals surface area contributed by atoms with Gasteiger partial charge in [0.05, 0.1) is 17.4 Å². The van der Waals surface area contributed by atoms with Gasteiger partial charge in [0.25, 0.3) is 0 Å². The zero-order valence-corrected chi connectivity index (χ0v) is 22.3. The standard InChI is InChI=1S/C28H43N5O3/c1-6-8-21(15-25(29-5)36-18(3)7-2)14-24(35)26-19(4)31-28(30-16-20-9-10-20)33-27(26)32-23-12-11-22(13-23)17-34/h8,14-15,18,20,22-23,34-35H,5-7,9-13,16-17H2,1-4H3,(H2,30,31,32,33)/b21-8-,24-14-,25-15+. The molecule has 0 aromatic carbocycles. The van der Waals surface area contributed by atoms with Gasteiger partial charge in [-0.3, -0.25) is 0 Å². The Bertz CT molecular complexity index is 984. The highest BCUT2D eigenvalue weighted by molar-refractivity contribution is 5.74. The maximum atomic E-state index is 11.3. The van der Waals surface area contributed by atoms with Crippen molar-refractivity contribution in [2.75, 3.05) is 23.8 Å². The van der Waals surface area contributed by atoms with Crippen LogP contribution in [0.4, 0.5) is 11.8 Å². The van der Waals surface area contributed by atoms with Crippen molar-refractivity contribution in [1.82, 2.24) is 9.97 Å². The van der Waals surface area contributed by atoms with Crippen molar-refractivity contribution < 1.29 is 14.9 Å². The summed E-state index contributed by atoms with van der Waals surface area (Å²) in [5.41, 5.74) is 2.03. The highest BCUT2D eigenvalue weighted by Crippen LogP contribution is 2.33. The molecule has 2 fully saturated rings. The Morgan fingerprint density at radius 3 is 2.56 bits per heavy atom. The predicted molar refractivity (Wildman–Crippen MR) is 147 cm³/mol. The van der Waals surface area contributed by atoms with Crippen LogP contribution >= 0.6 is 0 Å². The van der Waals surface area contributed by atoms with E-state index in [0.717, 1.165) is 44.2 Å². The molecule has 0 amide bonds.